The third-order valence-corrected chi connectivity index (χ3v) is 5.15. The van der Waals surface area contributed by atoms with Crippen LogP contribution in [0.4, 0.5) is 5.69 Å². The molecule has 5 heteroatoms. The normalized spacial score (nSPS) is 14.7. The van der Waals surface area contributed by atoms with E-state index in [0.717, 1.165) is 12.8 Å². The van der Waals surface area contributed by atoms with Gasteiger partial charge in [0.2, 0.25) is 0 Å². The fourth-order valence-electron chi connectivity index (χ4n) is 3.37. The van der Waals surface area contributed by atoms with Gasteiger partial charge in [0.25, 0.3) is 11.8 Å². The van der Waals surface area contributed by atoms with E-state index >= 15 is 0 Å². The predicted molar refractivity (Wildman–Crippen MR) is 105 cm³/mol. The van der Waals surface area contributed by atoms with Crippen LogP contribution in [0.5, 0.6) is 0 Å². The van der Waals surface area contributed by atoms with Gasteiger partial charge >= 0.3 is 0 Å². The molecule has 1 aliphatic carbocycles. The van der Waals surface area contributed by atoms with Gasteiger partial charge in [0, 0.05) is 34.9 Å². The maximum absolute atomic E-state index is 12.7. The van der Waals surface area contributed by atoms with Crippen LogP contribution in [-0.2, 0) is 0 Å². The number of hydrogen-bond acceptors (Lipinski definition) is 2. The quantitative estimate of drug-likeness (QED) is 0.823. The molecule has 0 aromatic heterocycles. The van der Waals surface area contributed by atoms with Crippen LogP contribution in [0.15, 0.2) is 48.5 Å². The molecule has 4 nitrogen and oxygen atoms in total. The van der Waals surface area contributed by atoms with E-state index in [1.807, 2.05) is 11.9 Å². The molecule has 3 rings (SSSR count). The van der Waals surface area contributed by atoms with E-state index < -0.39 is 0 Å². The number of carbonyl (C=O) groups is 2. The summed E-state index contributed by atoms with van der Waals surface area (Å²) in [5, 5.41) is 3.34. The maximum atomic E-state index is 12.7. The average Bonchev–Trinajstić information content (AvgIpc) is 2.68. The summed E-state index contributed by atoms with van der Waals surface area (Å²) >= 11 is 5.92. The van der Waals surface area contributed by atoms with Gasteiger partial charge < -0.3 is 10.2 Å². The Kier molecular flexibility index (Phi) is 5.94. The Balaban J connectivity index is 1.64. The Morgan fingerprint density at radius 3 is 2.35 bits per heavy atom. The molecule has 0 saturated heterocycles. The Bertz CT molecular complexity index is 783. The van der Waals surface area contributed by atoms with E-state index in [1.165, 1.54) is 19.3 Å². The van der Waals surface area contributed by atoms with Crippen molar-refractivity contribution in [3.63, 3.8) is 0 Å². The lowest BCUT2D eigenvalue weighted by atomic mass is 9.94. The zero-order chi connectivity index (χ0) is 18.5. The van der Waals surface area contributed by atoms with E-state index in [-0.39, 0.29) is 11.8 Å². The number of amides is 2. The van der Waals surface area contributed by atoms with Crippen molar-refractivity contribution >= 4 is 29.1 Å². The average molecular weight is 371 g/mol. The van der Waals surface area contributed by atoms with Gasteiger partial charge in [-0.05, 0) is 55.3 Å². The lowest BCUT2D eigenvalue weighted by Crippen LogP contribution is -2.38. The molecule has 1 N–H and O–H groups in total. The summed E-state index contributed by atoms with van der Waals surface area (Å²) in [7, 11) is 1.88. The summed E-state index contributed by atoms with van der Waals surface area (Å²) in [6.07, 6.45) is 5.80. The number of carbonyl (C=O) groups excluding carboxylic acids is 2. The maximum Gasteiger partial charge on any atom is 0.255 e. The minimum Gasteiger partial charge on any atom is -0.339 e. The summed E-state index contributed by atoms with van der Waals surface area (Å²) in [4.78, 5) is 26.8. The van der Waals surface area contributed by atoms with E-state index in [4.69, 9.17) is 11.6 Å². The third kappa shape index (κ3) is 4.44. The second-order valence-electron chi connectivity index (χ2n) is 6.75. The molecular formula is C21H23ClN2O2. The molecule has 136 valence electrons. The van der Waals surface area contributed by atoms with Gasteiger partial charge in [0.15, 0.2) is 0 Å². The fourth-order valence-corrected chi connectivity index (χ4v) is 3.56. The molecule has 0 spiro atoms. The van der Waals surface area contributed by atoms with Gasteiger partial charge in [0.05, 0.1) is 0 Å². The molecule has 1 saturated carbocycles. The second kappa shape index (κ2) is 8.37. The van der Waals surface area contributed by atoms with Gasteiger partial charge in [0.1, 0.15) is 0 Å². The number of anilines is 1. The third-order valence-electron chi connectivity index (χ3n) is 4.92. The molecule has 0 aliphatic heterocycles. The second-order valence-corrected chi connectivity index (χ2v) is 7.19. The van der Waals surface area contributed by atoms with Crippen LogP contribution in [0, 0.1) is 0 Å². The number of benzene rings is 2. The topological polar surface area (TPSA) is 49.4 Å². The van der Waals surface area contributed by atoms with Crippen LogP contribution < -0.4 is 5.32 Å². The van der Waals surface area contributed by atoms with Crippen molar-refractivity contribution in [2.75, 3.05) is 12.4 Å². The van der Waals surface area contributed by atoms with Gasteiger partial charge in [-0.15, -0.1) is 0 Å². The van der Waals surface area contributed by atoms with Crippen LogP contribution >= 0.6 is 11.6 Å². The standard InChI is InChI=1S/C21H23ClN2O2/c1-24(19-8-3-2-4-9-19)21(26)15-10-12-18(13-11-15)23-20(25)16-6-5-7-17(22)14-16/h5-7,10-14,19H,2-4,8-9H2,1H3,(H,23,25). The minimum absolute atomic E-state index is 0.0321. The molecule has 0 radical (unpaired) electrons. The molecule has 2 aromatic rings. The molecule has 0 bridgehead atoms. The largest absolute Gasteiger partial charge is 0.339 e. The van der Waals surface area contributed by atoms with Crippen LogP contribution in [0.3, 0.4) is 0 Å². The molecule has 1 aliphatic rings. The van der Waals surface area contributed by atoms with Crippen molar-refractivity contribution in [2.24, 2.45) is 0 Å². The Morgan fingerprint density at radius 2 is 1.69 bits per heavy atom. The summed E-state index contributed by atoms with van der Waals surface area (Å²) in [6, 6.07) is 14.1. The van der Waals surface area contributed by atoms with Crippen molar-refractivity contribution < 1.29 is 9.59 Å². The predicted octanol–water partition coefficient (Wildman–Crippen LogP) is 5.00. The number of nitrogens with zero attached hydrogens (tertiary/aromatic N) is 1. The van der Waals surface area contributed by atoms with Gasteiger partial charge in [-0.25, -0.2) is 0 Å². The first-order valence-corrected chi connectivity index (χ1v) is 9.36. The van der Waals surface area contributed by atoms with Crippen LogP contribution in [0.2, 0.25) is 5.02 Å². The summed E-state index contributed by atoms with van der Waals surface area (Å²) < 4.78 is 0. The fraction of sp³-hybridized carbons (Fsp3) is 0.333. The smallest absolute Gasteiger partial charge is 0.255 e. The zero-order valence-corrected chi connectivity index (χ0v) is 15.6. The summed E-state index contributed by atoms with van der Waals surface area (Å²) in [5.41, 5.74) is 1.78. The molecule has 0 heterocycles. The summed E-state index contributed by atoms with van der Waals surface area (Å²) in [5.74, 6) is -0.199. The van der Waals surface area contributed by atoms with E-state index in [9.17, 15) is 9.59 Å². The molecule has 1 fully saturated rings. The Labute approximate surface area is 159 Å². The van der Waals surface area contributed by atoms with Crippen molar-refractivity contribution in [3.05, 3.63) is 64.7 Å². The van der Waals surface area contributed by atoms with Gasteiger partial charge in [-0.2, -0.15) is 0 Å². The van der Waals surface area contributed by atoms with E-state index in [0.29, 0.717) is 27.9 Å². The molecule has 2 amide bonds. The van der Waals surface area contributed by atoms with Crippen molar-refractivity contribution in [1.82, 2.24) is 4.90 Å². The highest BCUT2D eigenvalue weighted by atomic mass is 35.5. The SMILES string of the molecule is CN(C(=O)c1ccc(NC(=O)c2cccc(Cl)c2)cc1)C1CCCCC1. The summed E-state index contributed by atoms with van der Waals surface area (Å²) in [6.45, 7) is 0. The highest BCUT2D eigenvalue weighted by Crippen LogP contribution is 2.23. The highest BCUT2D eigenvalue weighted by Gasteiger charge is 2.22. The van der Waals surface area contributed by atoms with Gasteiger partial charge in [-0.1, -0.05) is 36.9 Å². The molecule has 26 heavy (non-hydrogen) atoms. The highest BCUT2D eigenvalue weighted by molar-refractivity contribution is 6.31. The first kappa shape index (κ1) is 18.5. The lowest BCUT2D eigenvalue weighted by Gasteiger charge is -2.31. The van der Waals surface area contributed by atoms with Gasteiger partial charge in [-0.3, -0.25) is 9.59 Å². The van der Waals surface area contributed by atoms with Crippen LogP contribution in [-0.4, -0.2) is 29.8 Å². The number of hydrogen-bond donors (Lipinski definition) is 1. The van der Waals surface area contributed by atoms with E-state index in [1.54, 1.807) is 48.5 Å². The molecule has 2 aromatic carbocycles. The first-order valence-electron chi connectivity index (χ1n) is 8.99. The Morgan fingerprint density at radius 1 is 1.00 bits per heavy atom. The van der Waals surface area contributed by atoms with Crippen LogP contribution in [0.1, 0.15) is 52.8 Å². The monoisotopic (exact) mass is 370 g/mol. The molecular weight excluding hydrogens is 348 g/mol. The number of halogens is 1. The molecule has 0 atom stereocenters. The number of rotatable bonds is 4. The number of nitrogens with one attached hydrogen (secondary N) is 1. The Hall–Kier alpha value is -2.33. The van der Waals surface area contributed by atoms with Crippen molar-refractivity contribution in [3.8, 4) is 0 Å². The lowest BCUT2D eigenvalue weighted by molar-refractivity contribution is 0.0696. The molecule has 0 unspecified atom stereocenters. The van der Waals surface area contributed by atoms with Crippen LogP contribution in [0.25, 0.3) is 0 Å². The minimum atomic E-state index is -0.231. The van der Waals surface area contributed by atoms with Crippen molar-refractivity contribution in [1.29, 1.82) is 0 Å². The zero-order valence-electron chi connectivity index (χ0n) is 14.9. The van der Waals surface area contributed by atoms with E-state index in [2.05, 4.69) is 5.32 Å². The first-order chi connectivity index (χ1) is 12.5. The van der Waals surface area contributed by atoms with Crippen molar-refractivity contribution in [2.45, 2.75) is 38.1 Å².